The Balaban J connectivity index is 1.32. The number of hydrogen-bond donors (Lipinski definition) is 0. The maximum atomic E-state index is 13.9. The van der Waals surface area contributed by atoms with Gasteiger partial charge in [-0.2, -0.15) is 0 Å². The molecule has 0 unspecified atom stereocenters. The van der Waals surface area contributed by atoms with Gasteiger partial charge in [0.15, 0.2) is 5.13 Å². The van der Waals surface area contributed by atoms with Crippen LogP contribution in [0.1, 0.15) is 35.0 Å². The van der Waals surface area contributed by atoms with Crippen molar-refractivity contribution >= 4 is 48.3 Å². The number of sulfonamides is 1. The highest BCUT2D eigenvalue weighted by atomic mass is 32.2. The molecule has 0 fully saturated rings. The second-order valence-corrected chi connectivity index (χ2v) is 12.5. The van der Waals surface area contributed by atoms with Crippen molar-refractivity contribution in [1.29, 1.82) is 0 Å². The lowest BCUT2D eigenvalue weighted by Crippen LogP contribution is -2.35. The number of thiazole rings is 1. The lowest BCUT2D eigenvalue weighted by molar-refractivity contribution is 0.0984. The first-order chi connectivity index (χ1) is 19.9. The summed E-state index contributed by atoms with van der Waals surface area (Å²) in [5.74, 6) is 0.443. The number of para-hydroxylation sites is 1. The van der Waals surface area contributed by atoms with Gasteiger partial charge in [0, 0.05) is 18.3 Å². The number of aryl methyl sites for hydroxylation is 1. The molecular weight excluding hydrogens is 556 g/mol. The molecule has 0 N–H and O–H groups in total. The summed E-state index contributed by atoms with van der Waals surface area (Å²) in [6, 6.07) is 24.9. The Labute approximate surface area is 242 Å². The van der Waals surface area contributed by atoms with Crippen LogP contribution in [0.15, 0.2) is 96.0 Å². The zero-order valence-electron chi connectivity index (χ0n) is 22.4. The van der Waals surface area contributed by atoms with Gasteiger partial charge in [0.25, 0.3) is 15.9 Å². The summed E-state index contributed by atoms with van der Waals surface area (Å²) in [5.41, 5.74) is 3.55. The number of carbonyl (C=O) groups is 1. The van der Waals surface area contributed by atoms with Gasteiger partial charge in [-0.05, 0) is 86.0 Å². The highest BCUT2D eigenvalue weighted by molar-refractivity contribution is 7.92. The highest BCUT2D eigenvalue weighted by Crippen LogP contribution is 2.34. The maximum absolute atomic E-state index is 13.9. The molecule has 208 valence electrons. The minimum atomic E-state index is -3.79. The summed E-state index contributed by atoms with van der Waals surface area (Å²) in [7, 11) is -3.79. The number of hydrogen-bond acceptors (Lipinski definition) is 7. The molecule has 8 nitrogen and oxygen atoms in total. The maximum Gasteiger partial charge on any atom is 0.264 e. The molecule has 2 aromatic heterocycles. The molecule has 0 saturated carbocycles. The van der Waals surface area contributed by atoms with E-state index >= 15 is 0 Å². The number of ether oxygens (including phenoxy) is 1. The minimum Gasteiger partial charge on any atom is -0.494 e. The second kappa shape index (κ2) is 11.3. The summed E-state index contributed by atoms with van der Waals surface area (Å²) >= 11 is 1.39. The molecule has 0 spiro atoms. The van der Waals surface area contributed by atoms with Crippen LogP contribution in [0.3, 0.4) is 0 Å². The van der Waals surface area contributed by atoms with E-state index in [1.54, 1.807) is 23.2 Å². The second-order valence-electron chi connectivity index (χ2n) is 9.61. The number of carbonyl (C=O) groups excluding carboxylic acids is 1. The molecule has 0 saturated heterocycles. The Morgan fingerprint density at radius 2 is 1.83 bits per heavy atom. The predicted molar refractivity (Wildman–Crippen MR) is 161 cm³/mol. The molecule has 10 heteroatoms. The lowest BCUT2D eigenvalue weighted by Gasteiger charge is -2.30. The summed E-state index contributed by atoms with van der Waals surface area (Å²) in [6.45, 7) is 3.11. The molecule has 1 amide bonds. The van der Waals surface area contributed by atoms with E-state index in [9.17, 15) is 13.2 Å². The van der Waals surface area contributed by atoms with Crippen LogP contribution >= 0.6 is 11.3 Å². The third kappa shape index (κ3) is 5.40. The monoisotopic (exact) mass is 584 g/mol. The molecule has 5 aromatic rings. The minimum absolute atomic E-state index is 0.144. The van der Waals surface area contributed by atoms with Gasteiger partial charge in [0.2, 0.25) is 0 Å². The van der Waals surface area contributed by atoms with E-state index < -0.39 is 10.0 Å². The van der Waals surface area contributed by atoms with Crippen LogP contribution in [0.25, 0.3) is 10.2 Å². The first-order valence-electron chi connectivity index (χ1n) is 13.4. The van der Waals surface area contributed by atoms with Crippen molar-refractivity contribution in [3.63, 3.8) is 0 Å². The molecule has 0 atom stereocenters. The van der Waals surface area contributed by atoms with Gasteiger partial charge in [0.1, 0.15) is 5.75 Å². The van der Waals surface area contributed by atoms with Crippen molar-refractivity contribution in [3.8, 4) is 5.75 Å². The van der Waals surface area contributed by atoms with Crippen LogP contribution in [0.5, 0.6) is 5.75 Å². The first kappa shape index (κ1) is 26.9. The predicted octanol–water partition coefficient (Wildman–Crippen LogP) is 6.08. The highest BCUT2D eigenvalue weighted by Gasteiger charge is 2.29. The quantitative estimate of drug-likeness (QED) is 0.220. The van der Waals surface area contributed by atoms with Gasteiger partial charge in [-0.1, -0.05) is 35.6 Å². The molecule has 0 bridgehead atoms. The molecule has 0 aliphatic carbocycles. The fraction of sp³-hybridized carbons (Fsp3) is 0.194. The standard InChI is InChI=1S/C31H28N4O4S2/c1-2-39-25-14-17-27-29(20-25)40-31(33-27)34(21-24-10-5-6-18-32-24)30(36)23-12-15-26(16-13-23)41(37,38)35-19-7-9-22-8-3-4-11-28(22)35/h3-6,8,10-18,20H,2,7,9,19,21H2,1H3. The number of aromatic nitrogens is 2. The number of rotatable bonds is 8. The Kier molecular flexibility index (Phi) is 7.42. The number of anilines is 2. The average molecular weight is 585 g/mol. The molecule has 1 aliphatic rings. The molecule has 6 rings (SSSR count). The van der Waals surface area contributed by atoms with Crippen LogP contribution < -0.4 is 13.9 Å². The number of nitrogens with zero attached hydrogens (tertiary/aromatic N) is 4. The fourth-order valence-electron chi connectivity index (χ4n) is 4.95. The van der Waals surface area contributed by atoms with Crippen LogP contribution in [-0.4, -0.2) is 37.4 Å². The Morgan fingerprint density at radius 1 is 1.02 bits per heavy atom. The summed E-state index contributed by atoms with van der Waals surface area (Å²) < 4.78 is 35.2. The lowest BCUT2D eigenvalue weighted by atomic mass is 10.0. The molecule has 3 heterocycles. The Bertz CT molecular complexity index is 1810. The summed E-state index contributed by atoms with van der Waals surface area (Å²) in [4.78, 5) is 24.8. The van der Waals surface area contributed by atoms with E-state index in [1.165, 1.54) is 27.8 Å². The van der Waals surface area contributed by atoms with E-state index in [0.717, 1.165) is 34.4 Å². The molecule has 1 aliphatic heterocycles. The van der Waals surface area contributed by atoms with Crippen molar-refractivity contribution in [3.05, 3.63) is 108 Å². The third-order valence-corrected chi connectivity index (χ3v) is 9.81. The molecule has 3 aromatic carbocycles. The van der Waals surface area contributed by atoms with E-state index in [4.69, 9.17) is 9.72 Å². The smallest absolute Gasteiger partial charge is 0.264 e. The van der Waals surface area contributed by atoms with Gasteiger partial charge in [-0.3, -0.25) is 19.0 Å². The van der Waals surface area contributed by atoms with Crippen LogP contribution in [0.2, 0.25) is 0 Å². The Morgan fingerprint density at radius 3 is 2.61 bits per heavy atom. The van der Waals surface area contributed by atoms with Crippen molar-refractivity contribution in [2.75, 3.05) is 22.4 Å². The summed E-state index contributed by atoms with van der Waals surface area (Å²) in [5, 5.41) is 0.519. The van der Waals surface area contributed by atoms with Crippen LogP contribution in [-0.2, 0) is 23.0 Å². The zero-order chi connectivity index (χ0) is 28.4. The van der Waals surface area contributed by atoms with Crippen LogP contribution in [0.4, 0.5) is 10.8 Å². The molecule has 41 heavy (non-hydrogen) atoms. The van der Waals surface area contributed by atoms with Gasteiger partial charge in [-0.25, -0.2) is 13.4 Å². The number of amides is 1. The van der Waals surface area contributed by atoms with Crippen molar-refractivity contribution in [1.82, 2.24) is 9.97 Å². The SMILES string of the molecule is CCOc1ccc2nc(N(Cc3ccccn3)C(=O)c3ccc(S(=O)(=O)N4CCCc5ccccc54)cc3)sc2c1. The van der Waals surface area contributed by atoms with E-state index in [-0.39, 0.29) is 17.3 Å². The van der Waals surface area contributed by atoms with Crippen molar-refractivity contribution < 1.29 is 17.9 Å². The number of pyridine rings is 1. The number of fused-ring (bicyclic) bond motifs is 2. The fourth-order valence-corrected chi connectivity index (χ4v) is 7.48. The van der Waals surface area contributed by atoms with Crippen molar-refractivity contribution in [2.45, 2.75) is 31.2 Å². The van der Waals surface area contributed by atoms with Crippen molar-refractivity contribution in [2.24, 2.45) is 0 Å². The summed E-state index contributed by atoms with van der Waals surface area (Å²) in [6.07, 6.45) is 3.28. The molecule has 0 radical (unpaired) electrons. The van der Waals surface area contributed by atoms with E-state index in [0.29, 0.717) is 35.2 Å². The molecular formula is C31H28N4O4S2. The van der Waals surface area contributed by atoms with Gasteiger partial charge in [-0.15, -0.1) is 0 Å². The normalized spacial score (nSPS) is 13.1. The van der Waals surface area contributed by atoms with Gasteiger partial charge in [0.05, 0.1) is 39.6 Å². The number of benzene rings is 3. The largest absolute Gasteiger partial charge is 0.494 e. The topological polar surface area (TPSA) is 92.7 Å². The average Bonchev–Trinajstić information content (AvgIpc) is 3.43. The van der Waals surface area contributed by atoms with E-state index in [1.807, 2.05) is 67.6 Å². The van der Waals surface area contributed by atoms with Gasteiger partial charge >= 0.3 is 0 Å². The zero-order valence-corrected chi connectivity index (χ0v) is 24.1. The third-order valence-electron chi connectivity index (χ3n) is 6.94. The van der Waals surface area contributed by atoms with Gasteiger partial charge < -0.3 is 4.74 Å². The van der Waals surface area contributed by atoms with E-state index in [2.05, 4.69) is 4.98 Å². The van der Waals surface area contributed by atoms with Crippen LogP contribution in [0, 0.1) is 0 Å². The first-order valence-corrected chi connectivity index (χ1v) is 15.7. The Hall–Kier alpha value is -4.28.